The lowest BCUT2D eigenvalue weighted by Crippen LogP contribution is -2.39. The molecule has 2 heterocycles. The minimum atomic E-state index is 0. The van der Waals surface area contributed by atoms with Gasteiger partial charge in [-0.1, -0.05) is 0 Å². The summed E-state index contributed by atoms with van der Waals surface area (Å²) in [5, 5.41) is 15.8. The van der Waals surface area contributed by atoms with Crippen molar-refractivity contribution in [3.05, 3.63) is 23.8 Å². The lowest BCUT2D eigenvalue weighted by Gasteiger charge is -2.22. The molecule has 11 heteroatoms. The van der Waals surface area contributed by atoms with Crippen molar-refractivity contribution in [2.45, 2.75) is 26.4 Å². The van der Waals surface area contributed by atoms with E-state index in [9.17, 15) is 0 Å². The topological polar surface area (TPSA) is 89.1 Å². The van der Waals surface area contributed by atoms with Crippen molar-refractivity contribution in [1.29, 1.82) is 0 Å². The second-order valence-electron chi connectivity index (χ2n) is 5.79. The minimum Gasteiger partial charge on any atom is -0.356 e. The summed E-state index contributed by atoms with van der Waals surface area (Å²) in [7, 11) is 5.84. The van der Waals surface area contributed by atoms with Crippen LogP contribution in [0.3, 0.4) is 0 Å². The van der Waals surface area contributed by atoms with Crippen molar-refractivity contribution in [2.24, 2.45) is 19.1 Å². The predicted octanol–water partition coefficient (Wildman–Crippen LogP) is 1.20. The van der Waals surface area contributed by atoms with E-state index in [1.165, 1.54) is 0 Å². The summed E-state index contributed by atoms with van der Waals surface area (Å²) < 4.78 is 3.73. The molecule has 0 bridgehead atoms. The maximum atomic E-state index is 4.72. The Morgan fingerprint density at radius 1 is 1.31 bits per heavy atom. The van der Waals surface area contributed by atoms with E-state index < -0.39 is 0 Å². The van der Waals surface area contributed by atoms with E-state index in [1.54, 1.807) is 11.0 Å². The highest BCUT2D eigenvalue weighted by molar-refractivity contribution is 14.0. The van der Waals surface area contributed by atoms with Crippen LogP contribution in [0.15, 0.2) is 11.3 Å². The Morgan fingerprint density at radius 2 is 2.08 bits per heavy atom. The first kappa shape index (κ1) is 22.7. The zero-order chi connectivity index (χ0) is 18.2. The molecule has 2 aromatic heterocycles. The molecule has 0 aromatic carbocycles. The van der Waals surface area contributed by atoms with E-state index in [0.717, 1.165) is 42.2 Å². The second-order valence-corrected chi connectivity index (χ2v) is 6.78. The number of nitrogens with zero attached hydrogens (tertiary/aromatic N) is 8. The Morgan fingerprint density at radius 3 is 2.65 bits per heavy atom. The van der Waals surface area contributed by atoms with E-state index in [0.29, 0.717) is 13.1 Å². The van der Waals surface area contributed by atoms with Gasteiger partial charge < -0.3 is 14.8 Å². The van der Waals surface area contributed by atoms with Crippen LogP contribution < -0.4 is 5.32 Å². The zero-order valence-corrected chi connectivity index (χ0v) is 19.2. The number of hydrogen-bond donors (Lipinski definition) is 1. The van der Waals surface area contributed by atoms with Crippen LogP contribution in [0.4, 0.5) is 0 Å². The first-order chi connectivity index (χ1) is 12.0. The summed E-state index contributed by atoms with van der Waals surface area (Å²) in [5.74, 6) is 4.55. The van der Waals surface area contributed by atoms with Gasteiger partial charge in [0.15, 0.2) is 11.8 Å². The molecular weight excluding hydrogens is 465 g/mol. The number of aromatic nitrogens is 6. The largest absolute Gasteiger partial charge is 0.356 e. The van der Waals surface area contributed by atoms with Crippen LogP contribution in [0.1, 0.15) is 23.9 Å². The fourth-order valence-corrected chi connectivity index (χ4v) is 2.65. The average Bonchev–Trinajstić information content (AvgIpc) is 3.14. The average molecular weight is 493 g/mol. The number of guanidine groups is 1. The number of aliphatic imine (C=N–C) groups is 1. The molecule has 2 aromatic rings. The highest BCUT2D eigenvalue weighted by atomic mass is 127. The monoisotopic (exact) mass is 493 g/mol. The number of halogens is 1. The van der Waals surface area contributed by atoms with Crippen LogP contribution in [-0.4, -0.2) is 66.0 Å². The molecule has 9 nitrogen and oxygen atoms in total. The van der Waals surface area contributed by atoms with Gasteiger partial charge in [-0.2, -0.15) is 16.9 Å². The molecule has 0 unspecified atom stereocenters. The molecular formula is C15H28IN9S. The van der Waals surface area contributed by atoms with Crippen molar-refractivity contribution < 1.29 is 0 Å². The lowest BCUT2D eigenvalue weighted by atomic mass is 10.4. The molecule has 0 saturated carbocycles. The lowest BCUT2D eigenvalue weighted by molar-refractivity contribution is 0.446. The minimum absolute atomic E-state index is 0. The van der Waals surface area contributed by atoms with Crippen LogP contribution in [-0.2, 0) is 27.2 Å². The van der Waals surface area contributed by atoms with Gasteiger partial charge in [0, 0.05) is 27.7 Å². The molecule has 0 aliphatic carbocycles. The van der Waals surface area contributed by atoms with E-state index in [-0.39, 0.29) is 24.0 Å². The molecule has 1 N–H and O–H groups in total. The van der Waals surface area contributed by atoms with Gasteiger partial charge in [0.25, 0.3) is 0 Å². The van der Waals surface area contributed by atoms with Crippen LogP contribution in [0.2, 0.25) is 0 Å². The van der Waals surface area contributed by atoms with Crippen LogP contribution in [0, 0.1) is 6.92 Å². The highest BCUT2D eigenvalue weighted by Crippen LogP contribution is 2.03. The van der Waals surface area contributed by atoms with E-state index in [4.69, 9.17) is 4.99 Å². The number of aryl methyl sites for hydroxylation is 2. The molecule has 0 radical (unpaired) electrons. The normalized spacial score (nSPS) is 11.3. The molecule has 0 atom stereocenters. The van der Waals surface area contributed by atoms with Gasteiger partial charge >= 0.3 is 0 Å². The van der Waals surface area contributed by atoms with Crippen LogP contribution >= 0.6 is 35.7 Å². The molecule has 0 aliphatic rings. The first-order valence-electron chi connectivity index (χ1n) is 8.19. The van der Waals surface area contributed by atoms with E-state index in [2.05, 4.69) is 31.9 Å². The summed E-state index contributed by atoms with van der Waals surface area (Å²) in [5.41, 5.74) is 0. The smallest absolute Gasteiger partial charge is 0.194 e. The van der Waals surface area contributed by atoms with Crippen LogP contribution in [0.5, 0.6) is 0 Å². The van der Waals surface area contributed by atoms with E-state index >= 15 is 0 Å². The Bertz CT molecular complexity index is 697. The molecule has 0 amide bonds. The van der Waals surface area contributed by atoms with Gasteiger partial charge in [-0.05, 0) is 25.4 Å². The number of rotatable bonds is 8. The van der Waals surface area contributed by atoms with Crippen molar-refractivity contribution in [3.8, 4) is 0 Å². The number of thioether (sulfide) groups is 1. The quantitative estimate of drug-likeness (QED) is 0.256. The summed E-state index contributed by atoms with van der Waals surface area (Å²) >= 11 is 1.85. The Balaban J connectivity index is 0.00000338. The van der Waals surface area contributed by atoms with Gasteiger partial charge in [-0.15, -0.1) is 34.2 Å². The summed E-state index contributed by atoms with van der Waals surface area (Å²) in [6.07, 6.45) is 4.76. The third-order valence-electron chi connectivity index (χ3n) is 3.91. The molecule has 26 heavy (non-hydrogen) atoms. The molecule has 0 spiro atoms. The first-order valence-corrected chi connectivity index (χ1v) is 9.58. The third kappa shape index (κ3) is 6.41. The van der Waals surface area contributed by atoms with E-state index in [1.807, 2.05) is 49.3 Å². The van der Waals surface area contributed by atoms with Crippen molar-refractivity contribution in [3.63, 3.8) is 0 Å². The maximum Gasteiger partial charge on any atom is 0.194 e. The molecule has 146 valence electrons. The molecule has 0 saturated heterocycles. The fraction of sp³-hybridized carbons (Fsp3) is 0.667. The Hall–Kier alpha value is -1.37. The van der Waals surface area contributed by atoms with Crippen molar-refractivity contribution in [2.75, 3.05) is 25.6 Å². The number of hydrogen-bond acceptors (Lipinski definition) is 6. The highest BCUT2D eigenvalue weighted by Gasteiger charge is 2.11. The Kier molecular flexibility index (Phi) is 9.91. The standard InChI is InChI=1S/C15H27N9S.HI/c1-12-20-21-13(23(12)3)9-17-15(16-7-6-8-25-5)22(2)10-14-18-11-19-24(14)4;/h11H,6-10H2,1-5H3,(H,16,17);1H. The van der Waals surface area contributed by atoms with Gasteiger partial charge in [-0.3, -0.25) is 4.68 Å². The van der Waals surface area contributed by atoms with Gasteiger partial charge in [0.2, 0.25) is 0 Å². The third-order valence-corrected chi connectivity index (χ3v) is 4.60. The second kappa shape index (κ2) is 11.4. The van der Waals surface area contributed by atoms with Crippen molar-refractivity contribution >= 4 is 41.7 Å². The SMILES string of the molecule is CSCCCNC(=NCc1nnc(C)n1C)N(C)Cc1ncnn1C.I. The molecule has 2 rings (SSSR count). The maximum absolute atomic E-state index is 4.72. The zero-order valence-electron chi connectivity index (χ0n) is 16.0. The molecule has 0 aliphatic heterocycles. The molecule has 0 fully saturated rings. The van der Waals surface area contributed by atoms with Gasteiger partial charge in [0.05, 0.1) is 6.54 Å². The fourth-order valence-electron chi connectivity index (χ4n) is 2.21. The number of nitrogens with one attached hydrogen (secondary N) is 1. The van der Waals surface area contributed by atoms with Crippen LogP contribution in [0.25, 0.3) is 0 Å². The summed E-state index contributed by atoms with van der Waals surface area (Å²) in [6.45, 7) is 3.91. The van der Waals surface area contributed by atoms with Gasteiger partial charge in [-0.25, -0.2) is 9.98 Å². The predicted molar refractivity (Wildman–Crippen MR) is 116 cm³/mol. The summed E-state index contributed by atoms with van der Waals surface area (Å²) in [4.78, 5) is 11.0. The Labute approximate surface area is 176 Å². The summed E-state index contributed by atoms with van der Waals surface area (Å²) in [6, 6.07) is 0. The van der Waals surface area contributed by atoms with Crippen molar-refractivity contribution in [1.82, 2.24) is 39.7 Å². The van der Waals surface area contributed by atoms with Gasteiger partial charge in [0.1, 0.15) is 24.5 Å².